The summed E-state index contributed by atoms with van der Waals surface area (Å²) in [5.74, 6) is -3.04. The molecule has 0 aliphatic carbocycles. The minimum atomic E-state index is -3.04. The van der Waals surface area contributed by atoms with Gasteiger partial charge < -0.3 is 15.3 Å². The molecule has 0 atom stereocenters. The van der Waals surface area contributed by atoms with E-state index in [9.17, 15) is 4.79 Å². The Morgan fingerprint density at radius 1 is 1.12 bits per heavy atom. The second-order valence-corrected chi connectivity index (χ2v) is 3.31. The molecule has 2 rings (SSSR count). The Hall–Kier alpha value is -1.89. The average molecular weight is 222 g/mol. The number of para-hydroxylation sites is 1. The van der Waals surface area contributed by atoms with Gasteiger partial charge in [-0.25, -0.2) is 4.68 Å². The molecule has 0 aliphatic rings. The largest absolute Gasteiger partial charge is 0.339 e. The van der Waals surface area contributed by atoms with E-state index in [1.807, 2.05) is 0 Å². The van der Waals surface area contributed by atoms with Crippen molar-refractivity contribution in [3.63, 3.8) is 0 Å². The maximum atomic E-state index is 11.5. The Balaban J connectivity index is 2.53. The van der Waals surface area contributed by atoms with Gasteiger partial charge in [0.1, 0.15) is 5.69 Å². The van der Waals surface area contributed by atoms with Gasteiger partial charge in [-0.2, -0.15) is 0 Å². The van der Waals surface area contributed by atoms with E-state index >= 15 is 0 Å². The smallest absolute Gasteiger partial charge is 0.321 e. The Labute approximate surface area is 90.0 Å². The zero-order valence-corrected chi connectivity index (χ0v) is 8.16. The third kappa shape index (κ3) is 1.89. The van der Waals surface area contributed by atoms with Crippen LogP contribution in [0.4, 0.5) is 0 Å². The Kier molecular flexibility index (Phi) is 2.39. The van der Waals surface area contributed by atoms with Gasteiger partial charge in [0, 0.05) is 6.07 Å². The highest BCUT2D eigenvalue weighted by atomic mass is 16.7. The number of aliphatic hydroxyl groups is 3. The molecule has 84 valence electrons. The Morgan fingerprint density at radius 3 is 2.25 bits per heavy atom. The van der Waals surface area contributed by atoms with Crippen LogP contribution in [0.2, 0.25) is 0 Å². The first kappa shape index (κ1) is 10.6. The molecule has 0 unspecified atom stereocenters. The summed E-state index contributed by atoms with van der Waals surface area (Å²) in [4.78, 5) is 11.5. The van der Waals surface area contributed by atoms with Crippen LogP contribution in [0.5, 0.6) is 0 Å². The molecule has 6 nitrogen and oxygen atoms in total. The van der Waals surface area contributed by atoms with Gasteiger partial charge in [0.2, 0.25) is 0 Å². The van der Waals surface area contributed by atoms with Crippen LogP contribution in [-0.2, 0) is 5.97 Å². The first-order valence-electron chi connectivity index (χ1n) is 4.53. The van der Waals surface area contributed by atoms with E-state index in [1.165, 1.54) is 0 Å². The molecule has 2 aromatic rings. The molecular weight excluding hydrogens is 212 g/mol. The predicted molar refractivity (Wildman–Crippen MR) is 54.7 cm³/mol. The SMILES string of the molecule is O=c1cc(C(O)(O)O)[nH]n1-c1ccccc1. The number of hydrogen-bond acceptors (Lipinski definition) is 4. The number of nitrogens with one attached hydrogen (secondary N) is 1. The molecule has 1 heterocycles. The lowest BCUT2D eigenvalue weighted by atomic mass is 10.3. The summed E-state index contributed by atoms with van der Waals surface area (Å²) in [6, 6.07) is 9.48. The van der Waals surface area contributed by atoms with Crippen LogP contribution in [0, 0.1) is 0 Å². The van der Waals surface area contributed by atoms with E-state index in [-0.39, 0.29) is 5.69 Å². The maximum Gasteiger partial charge on any atom is 0.321 e. The summed E-state index contributed by atoms with van der Waals surface area (Å²) >= 11 is 0. The molecule has 0 bridgehead atoms. The lowest BCUT2D eigenvalue weighted by Gasteiger charge is -2.10. The zero-order chi connectivity index (χ0) is 11.8. The molecule has 0 fully saturated rings. The highest BCUT2D eigenvalue weighted by Crippen LogP contribution is 2.11. The van der Waals surface area contributed by atoms with Crippen molar-refractivity contribution in [2.75, 3.05) is 0 Å². The number of aromatic amines is 1. The summed E-state index contributed by atoms with van der Waals surface area (Å²) < 4.78 is 1.09. The van der Waals surface area contributed by atoms with Gasteiger partial charge in [0.15, 0.2) is 0 Å². The van der Waals surface area contributed by atoms with Crippen molar-refractivity contribution in [3.8, 4) is 5.69 Å². The first-order chi connectivity index (χ1) is 7.48. The van der Waals surface area contributed by atoms with Crippen LogP contribution < -0.4 is 5.56 Å². The molecule has 0 amide bonds. The van der Waals surface area contributed by atoms with Crippen molar-refractivity contribution < 1.29 is 15.3 Å². The lowest BCUT2D eigenvalue weighted by Crippen LogP contribution is -2.24. The first-order valence-corrected chi connectivity index (χ1v) is 4.53. The van der Waals surface area contributed by atoms with E-state index in [4.69, 9.17) is 15.3 Å². The van der Waals surface area contributed by atoms with Crippen LogP contribution in [-0.4, -0.2) is 25.1 Å². The number of H-pyrrole nitrogens is 1. The minimum absolute atomic E-state index is 0.388. The van der Waals surface area contributed by atoms with E-state index in [0.717, 1.165) is 10.7 Å². The minimum Gasteiger partial charge on any atom is -0.339 e. The van der Waals surface area contributed by atoms with Crippen LogP contribution >= 0.6 is 0 Å². The number of rotatable bonds is 2. The molecule has 6 heteroatoms. The maximum absolute atomic E-state index is 11.5. The third-order valence-electron chi connectivity index (χ3n) is 2.10. The van der Waals surface area contributed by atoms with Crippen molar-refractivity contribution in [2.45, 2.75) is 5.97 Å². The molecule has 4 N–H and O–H groups in total. The highest BCUT2D eigenvalue weighted by Gasteiger charge is 2.25. The third-order valence-corrected chi connectivity index (χ3v) is 2.10. The molecular formula is C10H10N2O4. The molecule has 0 saturated carbocycles. The average Bonchev–Trinajstić information content (AvgIpc) is 2.61. The fourth-order valence-electron chi connectivity index (χ4n) is 1.34. The van der Waals surface area contributed by atoms with Crippen LogP contribution in [0.15, 0.2) is 41.2 Å². The monoisotopic (exact) mass is 222 g/mol. The van der Waals surface area contributed by atoms with E-state index in [2.05, 4.69) is 5.10 Å². The topological polar surface area (TPSA) is 98.5 Å². The molecule has 0 saturated heterocycles. The van der Waals surface area contributed by atoms with Crippen LogP contribution in [0.1, 0.15) is 5.69 Å². The number of benzene rings is 1. The quantitative estimate of drug-likeness (QED) is 0.502. The van der Waals surface area contributed by atoms with Gasteiger partial charge >= 0.3 is 5.97 Å². The number of hydrogen-bond donors (Lipinski definition) is 4. The van der Waals surface area contributed by atoms with Gasteiger partial charge in [-0.1, -0.05) is 18.2 Å². The predicted octanol–water partition coefficient (Wildman–Crippen LogP) is -0.747. The number of nitrogens with zero attached hydrogens (tertiary/aromatic N) is 1. The van der Waals surface area contributed by atoms with Gasteiger partial charge in [0.25, 0.3) is 5.56 Å². The number of aromatic nitrogens is 2. The van der Waals surface area contributed by atoms with Gasteiger partial charge in [0.05, 0.1) is 5.69 Å². The fraction of sp³-hybridized carbons (Fsp3) is 0.100. The summed E-state index contributed by atoms with van der Waals surface area (Å²) in [7, 11) is 0. The molecule has 0 spiro atoms. The van der Waals surface area contributed by atoms with Gasteiger partial charge in [-0.3, -0.25) is 9.89 Å². The molecule has 16 heavy (non-hydrogen) atoms. The van der Waals surface area contributed by atoms with Gasteiger partial charge in [-0.05, 0) is 12.1 Å². The summed E-state index contributed by atoms with van der Waals surface area (Å²) in [5.41, 5.74) is -0.355. The normalized spacial score (nSPS) is 11.7. The summed E-state index contributed by atoms with van der Waals surface area (Å²) in [6.45, 7) is 0. The molecule has 0 radical (unpaired) electrons. The summed E-state index contributed by atoms with van der Waals surface area (Å²) in [5, 5.41) is 29.1. The van der Waals surface area contributed by atoms with Gasteiger partial charge in [-0.15, -0.1) is 0 Å². The zero-order valence-electron chi connectivity index (χ0n) is 8.16. The highest BCUT2D eigenvalue weighted by molar-refractivity contribution is 5.30. The van der Waals surface area contributed by atoms with Crippen molar-refractivity contribution in [1.82, 2.24) is 9.78 Å². The molecule has 1 aromatic carbocycles. The second kappa shape index (κ2) is 3.60. The lowest BCUT2D eigenvalue weighted by molar-refractivity contribution is -0.326. The van der Waals surface area contributed by atoms with E-state index in [1.54, 1.807) is 30.3 Å². The molecule has 1 aromatic heterocycles. The van der Waals surface area contributed by atoms with Crippen molar-refractivity contribution >= 4 is 0 Å². The second-order valence-electron chi connectivity index (χ2n) is 3.31. The van der Waals surface area contributed by atoms with Crippen LogP contribution in [0.3, 0.4) is 0 Å². The van der Waals surface area contributed by atoms with E-state index < -0.39 is 11.5 Å². The van der Waals surface area contributed by atoms with Crippen molar-refractivity contribution in [2.24, 2.45) is 0 Å². The summed E-state index contributed by atoms with van der Waals surface area (Å²) in [6.07, 6.45) is 0. The molecule has 0 aliphatic heterocycles. The van der Waals surface area contributed by atoms with Crippen LogP contribution in [0.25, 0.3) is 5.69 Å². The standard InChI is InChI=1S/C10H10N2O4/c13-9-6-8(10(14,15)16)11-12(9)7-4-2-1-3-5-7/h1-6,11,14-16H. The Bertz CT molecular complexity index is 536. The van der Waals surface area contributed by atoms with E-state index in [0.29, 0.717) is 5.69 Å². The Morgan fingerprint density at radius 2 is 1.75 bits per heavy atom. The fourth-order valence-corrected chi connectivity index (χ4v) is 1.34. The van der Waals surface area contributed by atoms with Crippen molar-refractivity contribution in [3.05, 3.63) is 52.4 Å². The van der Waals surface area contributed by atoms with Crippen molar-refractivity contribution in [1.29, 1.82) is 0 Å².